The van der Waals surface area contributed by atoms with E-state index in [-0.39, 0.29) is 0 Å². The van der Waals surface area contributed by atoms with Gasteiger partial charge in [0.05, 0.1) is 13.3 Å². The number of amides is 1. The minimum absolute atomic E-state index is 0.399. The largest absolute Gasteiger partial charge is 0.453 e. The van der Waals surface area contributed by atoms with Gasteiger partial charge in [-0.3, -0.25) is 4.68 Å². The Hall–Kier alpha value is -1.52. The molecule has 72 valence electrons. The van der Waals surface area contributed by atoms with E-state index in [9.17, 15) is 4.79 Å². The van der Waals surface area contributed by atoms with Crippen molar-refractivity contribution in [3.8, 4) is 0 Å². The van der Waals surface area contributed by atoms with Gasteiger partial charge in [-0.1, -0.05) is 0 Å². The van der Waals surface area contributed by atoms with Crippen molar-refractivity contribution in [2.75, 3.05) is 13.7 Å². The van der Waals surface area contributed by atoms with Gasteiger partial charge in [0.25, 0.3) is 0 Å². The molecule has 0 saturated heterocycles. The fourth-order valence-electron chi connectivity index (χ4n) is 0.982. The predicted molar refractivity (Wildman–Crippen MR) is 47.3 cm³/mol. The lowest BCUT2D eigenvalue weighted by atomic mass is 10.2. The van der Waals surface area contributed by atoms with Crippen LogP contribution in [-0.2, 0) is 18.2 Å². The van der Waals surface area contributed by atoms with Gasteiger partial charge in [0.2, 0.25) is 0 Å². The van der Waals surface area contributed by atoms with Crippen LogP contribution in [0, 0.1) is 0 Å². The zero-order valence-corrected chi connectivity index (χ0v) is 7.78. The van der Waals surface area contributed by atoms with Crippen LogP contribution in [0.5, 0.6) is 0 Å². The number of aromatic nitrogens is 2. The highest BCUT2D eigenvalue weighted by Gasteiger charge is 1.99. The minimum Gasteiger partial charge on any atom is -0.453 e. The summed E-state index contributed by atoms with van der Waals surface area (Å²) in [7, 11) is 3.21. The maximum absolute atomic E-state index is 10.7. The molecule has 0 aromatic carbocycles. The van der Waals surface area contributed by atoms with Gasteiger partial charge in [-0.05, 0) is 12.0 Å². The molecule has 0 spiro atoms. The smallest absolute Gasteiger partial charge is 0.406 e. The molecule has 0 radical (unpaired) electrons. The molecule has 0 bridgehead atoms. The second-order valence-corrected chi connectivity index (χ2v) is 2.69. The molecule has 0 aliphatic carbocycles. The number of carbonyl (C=O) groups is 1. The van der Waals surface area contributed by atoms with E-state index in [1.165, 1.54) is 7.11 Å². The zero-order valence-electron chi connectivity index (χ0n) is 7.78. The Kier molecular flexibility index (Phi) is 3.31. The molecule has 5 heteroatoms. The third-order valence-corrected chi connectivity index (χ3v) is 1.63. The van der Waals surface area contributed by atoms with E-state index >= 15 is 0 Å². The third kappa shape index (κ3) is 3.14. The van der Waals surface area contributed by atoms with E-state index in [0.717, 1.165) is 12.0 Å². The molecule has 1 heterocycles. The van der Waals surface area contributed by atoms with Crippen LogP contribution in [0.4, 0.5) is 4.79 Å². The van der Waals surface area contributed by atoms with Crippen LogP contribution in [0.25, 0.3) is 0 Å². The lowest BCUT2D eigenvalue weighted by molar-refractivity contribution is 0.171. The molecule has 0 saturated carbocycles. The van der Waals surface area contributed by atoms with Crippen LogP contribution in [0.2, 0.25) is 0 Å². The van der Waals surface area contributed by atoms with Crippen molar-refractivity contribution in [2.45, 2.75) is 6.42 Å². The van der Waals surface area contributed by atoms with Crippen molar-refractivity contribution in [3.05, 3.63) is 18.0 Å². The molecule has 0 unspecified atom stereocenters. The Morgan fingerprint density at radius 3 is 3.08 bits per heavy atom. The molecule has 0 atom stereocenters. The maximum Gasteiger partial charge on any atom is 0.406 e. The van der Waals surface area contributed by atoms with Gasteiger partial charge in [0.1, 0.15) is 0 Å². The van der Waals surface area contributed by atoms with Crippen molar-refractivity contribution in [1.29, 1.82) is 0 Å². The monoisotopic (exact) mass is 183 g/mol. The molecule has 0 aliphatic heterocycles. The van der Waals surface area contributed by atoms with Crippen molar-refractivity contribution in [3.63, 3.8) is 0 Å². The summed E-state index contributed by atoms with van der Waals surface area (Å²) in [6.07, 6.45) is 4.06. The van der Waals surface area contributed by atoms with Crippen molar-refractivity contribution in [2.24, 2.45) is 7.05 Å². The number of ether oxygens (including phenoxy) is 1. The van der Waals surface area contributed by atoms with Crippen LogP contribution in [0.1, 0.15) is 5.56 Å². The molecule has 1 rings (SSSR count). The molecular weight excluding hydrogens is 170 g/mol. The lowest BCUT2D eigenvalue weighted by Gasteiger charge is -2.00. The summed E-state index contributed by atoms with van der Waals surface area (Å²) in [5.41, 5.74) is 1.10. The Labute approximate surface area is 76.7 Å². The summed E-state index contributed by atoms with van der Waals surface area (Å²) in [5.74, 6) is 0. The Morgan fingerprint density at radius 1 is 1.77 bits per heavy atom. The van der Waals surface area contributed by atoms with Crippen molar-refractivity contribution >= 4 is 6.09 Å². The number of rotatable bonds is 3. The minimum atomic E-state index is -0.399. The van der Waals surface area contributed by atoms with Crippen molar-refractivity contribution in [1.82, 2.24) is 15.1 Å². The van der Waals surface area contributed by atoms with E-state index < -0.39 is 6.09 Å². The second kappa shape index (κ2) is 4.49. The number of carbonyl (C=O) groups excluding carboxylic acids is 1. The standard InChI is InChI=1S/C8H13N3O2/c1-11-6-7(5-10-11)3-4-9-8(12)13-2/h5-6H,3-4H2,1-2H3,(H,9,12). The van der Waals surface area contributed by atoms with Gasteiger partial charge in [0.15, 0.2) is 0 Å². The summed E-state index contributed by atoms with van der Waals surface area (Å²) in [6, 6.07) is 0. The van der Waals surface area contributed by atoms with E-state index in [0.29, 0.717) is 6.54 Å². The first-order valence-corrected chi connectivity index (χ1v) is 4.01. The predicted octanol–water partition coefficient (Wildman–Crippen LogP) is 0.319. The highest BCUT2D eigenvalue weighted by molar-refractivity contribution is 5.66. The van der Waals surface area contributed by atoms with E-state index in [1.54, 1.807) is 10.9 Å². The molecular formula is C8H13N3O2. The summed E-state index contributed by atoms with van der Waals surface area (Å²) in [5, 5.41) is 6.60. The Balaban J connectivity index is 2.24. The normalized spacial score (nSPS) is 9.69. The molecule has 0 aliphatic rings. The van der Waals surface area contributed by atoms with Crippen LogP contribution < -0.4 is 5.32 Å². The van der Waals surface area contributed by atoms with Gasteiger partial charge in [-0.2, -0.15) is 5.10 Å². The highest BCUT2D eigenvalue weighted by Crippen LogP contribution is 1.95. The zero-order chi connectivity index (χ0) is 9.68. The molecule has 1 aromatic rings. The van der Waals surface area contributed by atoms with E-state index in [4.69, 9.17) is 0 Å². The number of alkyl carbamates (subject to hydrolysis) is 1. The number of hydrogen-bond donors (Lipinski definition) is 1. The fourth-order valence-corrected chi connectivity index (χ4v) is 0.982. The maximum atomic E-state index is 10.7. The molecule has 13 heavy (non-hydrogen) atoms. The van der Waals surface area contributed by atoms with Crippen LogP contribution in [0.3, 0.4) is 0 Å². The second-order valence-electron chi connectivity index (χ2n) is 2.69. The molecule has 1 amide bonds. The number of nitrogens with one attached hydrogen (secondary N) is 1. The van der Waals surface area contributed by atoms with Gasteiger partial charge < -0.3 is 10.1 Å². The first kappa shape index (κ1) is 9.57. The van der Waals surface area contributed by atoms with E-state index in [1.807, 2.05) is 13.2 Å². The summed E-state index contributed by atoms with van der Waals surface area (Å²) < 4.78 is 6.15. The van der Waals surface area contributed by atoms with Gasteiger partial charge in [0, 0.05) is 19.8 Å². The van der Waals surface area contributed by atoms with E-state index in [2.05, 4.69) is 15.2 Å². The first-order valence-electron chi connectivity index (χ1n) is 4.01. The molecule has 1 aromatic heterocycles. The van der Waals surface area contributed by atoms with Crippen LogP contribution in [0.15, 0.2) is 12.4 Å². The van der Waals surface area contributed by atoms with Gasteiger partial charge in [-0.25, -0.2) is 4.79 Å². The molecule has 0 fully saturated rings. The quantitative estimate of drug-likeness (QED) is 0.734. The lowest BCUT2D eigenvalue weighted by Crippen LogP contribution is -2.25. The summed E-state index contributed by atoms with van der Waals surface area (Å²) in [4.78, 5) is 10.7. The van der Waals surface area contributed by atoms with Crippen molar-refractivity contribution < 1.29 is 9.53 Å². The Morgan fingerprint density at radius 2 is 2.54 bits per heavy atom. The fraction of sp³-hybridized carbons (Fsp3) is 0.500. The summed E-state index contributed by atoms with van der Waals surface area (Å²) >= 11 is 0. The summed E-state index contributed by atoms with van der Waals surface area (Å²) in [6.45, 7) is 0.568. The topological polar surface area (TPSA) is 56.1 Å². The number of hydrogen-bond acceptors (Lipinski definition) is 3. The number of aryl methyl sites for hydroxylation is 1. The average Bonchev–Trinajstić information content (AvgIpc) is 2.51. The van der Waals surface area contributed by atoms with Gasteiger partial charge in [-0.15, -0.1) is 0 Å². The Bertz CT molecular complexity index is 283. The van der Waals surface area contributed by atoms with Crippen LogP contribution >= 0.6 is 0 Å². The SMILES string of the molecule is COC(=O)NCCc1cnn(C)c1. The third-order valence-electron chi connectivity index (χ3n) is 1.63. The number of methoxy groups -OCH3 is 1. The average molecular weight is 183 g/mol. The van der Waals surface area contributed by atoms with Crippen LogP contribution in [-0.4, -0.2) is 29.5 Å². The van der Waals surface area contributed by atoms with Gasteiger partial charge >= 0.3 is 6.09 Å². The first-order chi connectivity index (χ1) is 6.22. The molecule has 5 nitrogen and oxygen atoms in total. The highest BCUT2D eigenvalue weighted by atomic mass is 16.5. The molecule has 1 N–H and O–H groups in total. The number of nitrogens with zero attached hydrogens (tertiary/aromatic N) is 2.